The van der Waals surface area contributed by atoms with E-state index in [1.165, 1.54) is 0 Å². The molecule has 4 nitrogen and oxygen atoms in total. The van der Waals surface area contributed by atoms with Crippen molar-refractivity contribution < 1.29 is 4.79 Å². The van der Waals surface area contributed by atoms with E-state index in [0.717, 1.165) is 16.5 Å². The van der Waals surface area contributed by atoms with Crippen molar-refractivity contribution in [3.8, 4) is 0 Å². The van der Waals surface area contributed by atoms with Crippen LogP contribution in [0.4, 0.5) is 5.69 Å². The molecule has 3 N–H and O–H groups in total. The summed E-state index contributed by atoms with van der Waals surface area (Å²) in [6, 6.07) is 5.53. The maximum Gasteiger partial charge on any atom is 0.252 e. The van der Waals surface area contributed by atoms with E-state index in [-0.39, 0.29) is 5.91 Å². The minimum atomic E-state index is -0.0599. The predicted octanol–water partition coefficient (Wildman–Crippen LogP) is 1.06. The number of anilines is 1. The predicted molar refractivity (Wildman–Crippen MR) is 57.3 cm³/mol. The van der Waals surface area contributed by atoms with Crippen LogP contribution in [0, 0.1) is 0 Å². The highest BCUT2D eigenvalue weighted by atomic mass is 16.1. The molecule has 0 saturated carbocycles. The van der Waals surface area contributed by atoms with Gasteiger partial charge in [-0.1, -0.05) is 6.07 Å². The number of nitrogen functional groups attached to an aromatic ring is 1. The summed E-state index contributed by atoms with van der Waals surface area (Å²) in [5, 5.41) is 3.55. The van der Waals surface area contributed by atoms with Gasteiger partial charge in [-0.3, -0.25) is 9.78 Å². The number of hydrogen-bond acceptors (Lipinski definition) is 3. The molecule has 0 spiro atoms. The zero-order valence-electron chi connectivity index (χ0n) is 7.95. The summed E-state index contributed by atoms with van der Waals surface area (Å²) in [7, 11) is 0. The molecule has 1 aromatic carbocycles. The topological polar surface area (TPSA) is 68.0 Å². The summed E-state index contributed by atoms with van der Waals surface area (Å²) >= 11 is 0. The summed E-state index contributed by atoms with van der Waals surface area (Å²) in [4.78, 5) is 15.8. The Kier molecular flexibility index (Phi) is 1.48. The van der Waals surface area contributed by atoms with Crippen molar-refractivity contribution in [1.82, 2.24) is 10.3 Å². The molecule has 4 heteroatoms. The molecular weight excluding hydrogens is 190 g/mol. The molecule has 1 aliphatic rings. The number of nitrogens with one attached hydrogen (secondary N) is 1. The fourth-order valence-corrected chi connectivity index (χ4v) is 1.99. The Bertz CT molecular complexity index is 577. The molecule has 1 aromatic heterocycles. The van der Waals surface area contributed by atoms with Gasteiger partial charge in [0.1, 0.15) is 0 Å². The van der Waals surface area contributed by atoms with Crippen LogP contribution >= 0.6 is 0 Å². The minimum absolute atomic E-state index is 0.0599. The number of rotatable bonds is 0. The number of nitrogens with two attached hydrogens (primary N) is 1. The Morgan fingerprint density at radius 2 is 2.20 bits per heavy atom. The number of pyridine rings is 1. The van der Waals surface area contributed by atoms with Crippen LogP contribution in [0.3, 0.4) is 0 Å². The fraction of sp³-hybridized carbons (Fsp3) is 0.0909. The highest BCUT2D eigenvalue weighted by Gasteiger charge is 2.22. The first-order valence-corrected chi connectivity index (χ1v) is 4.71. The lowest BCUT2D eigenvalue weighted by Gasteiger charge is -2.04. The number of hydrogen-bond donors (Lipinski definition) is 2. The molecule has 0 saturated heterocycles. The number of carbonyl (C=O) groups excluding carboxylic acids is 1. The van der Waals surface area contributed by atoms with Crippen molar-refractivity contribution in [3.05, 3.63) is 35.5 Å². The Labute approximate surface area is 86.1 Å². The molecule has 0 bridgehead atoms. The molecule has 0 atom stereocenters. The van der Waals surface area contributed by atoms with Crippen molar-refractivity contribution in [2.75, 3.05) is 5.73 Å². The van der Waals surface area contributed by atoms with Gasteiger partial charge in [-0.05, 0) is 17.7 Å². The zero-order chi connectivity index (χ0) is 10.4. The van der Waals surface area contributed by atoms with Gasteiger partial charge < -0.3 is 11.1 Å². The van der Waals surface area contributed by atoms with Crippen molar-refractivity contribution in [1.29, 1.82) is 0 Å². The van der Waals surface area contributed by atoms with Gasteiger partial charge in [0.25, 0.3) is 5.91 Å². The third kappa shape index (κ3) is 1.01. The van der Waals surface area contributed by atoms with E-state index in [1.807, 2.05) is 12.1 Å². The third-order valence-electron chi connectivity index (χ3n) is 2.69. The number of benzene rings is 1. The second-order valence-corrected chi connectivity index (χ2v) is 3.58. The van der Waals surface area contributed by atoms with Gasteiger partial charge in [-0.15, -0.1) is 0 Å². The average molecular weight is 199 g/mol. The first kappa shape index (κ1) is 8.23. The van der Waals surface area contributed by atoms with Gasteiger partial charge in [0.15, 0.2) is 0 Å². The molecule has 2 heterocycles. The minimum Gasteiger partial charge on any atom is -0.398 e. The smallest absolute Gasteiger partial charge is 0.252 e. The van der Waals surface area contributed by atoms with Crippen LogP contribution in [0.2, 0.25) is 0 Å². The molecular formula is C11H9N3O. The molecule has 0 unspecified atom stereocenters. The molecule has 3 rings (SSSR count). The monoisotopic (exact) mass is 199 g/mol. The Morgan fingerprint density at radius 3 is 3.07 bits per heavy atom. The average Bonchev–Trinajstić information content (AvgIpc) is 2.61. The molecule has 0 radical (unpaired) electrons. The number of aromatic nitrogens is 1. The highest BCUT2D eigenvalue weighted by molar-refractivity contribution is 6.12. The maximum absolute atomic E-state index is 11.6. The molecule has 1 aliphatic heterocycles. The van der Waals surface area contributed by atoms with E-state index >= 15 is 0 Å². The van der Waals surface area contributed by atoms with Crippen LogP contribution in [0.15, 0.2) is 24.4 Å². The van der Waals surface area contributed by atoms with Crippen LogP contribution in [-0.4, -0.2) is 10.9 Å². The molecule has 15 heavy (non-hydrogen) atoms. The van der Waals surface area contributed by atoms with E-state index in [0.29, 0.717) is 17.8 Å². The molecule has 74 valence electrons. The lowest BCUT2D eigenvalue weighted by Crippen LogP contribution is -2.13. The maximum atomic E-state index is 11.6. The Morgan fingerprint density at radius 1 is 1.33 bits per heavy atom. The lowest BCUT2D eigenvalue weighted by atomic mass is 10.0. The van der Waals surface area contributed by atoms with Gasteiger partial charge in [-0.2, -0.15) is 0 Å². The summed E-state index contributed by atoms with van der Waals surface area (Å²) in [5.41, 5.74) is 8.92. The van der Waals surface area contributed by atoms with Gasteiger partial charge in [0.05, 0.1) is 11.1 Å². The zero-order valence-corrected chi connectivity index (χ0v) is 7.95. The Balaban J connectivity index is 2.51. The van der Waals surface area contributed by atoms with Crippen molar-refractivity contribution in [2.24, 2.45) is 0 Å². The van der Waals surface area contributed by atoms with Gasteiger partial charge in [0, 0.05) is 23.8 Å². The molecule has 0 fully saturated rings. The van der Waals surface area contributed by atoms with E-state index < -0.39 is 0 Å². The van der Waals surface area contributed by atoms with E-state index in [1.54, 1.807) is 12.3 Å². The summed E-state index contributed by atoms with van der Waals surface area (Å²) < 4.78 is 0. The van der Waals surface area contributed by atoms with Crippen LogP contribution in [-0.2, 0) is 6.54 Å². The molecule has 1 amide bonds. The van der Waals surface area contributed by atoms with Gasteiger partial charge in [0.2, 0.25) is 0 Å². The van der Waals surface area contributed by atoms with Crippen molar-refractivity contribution in [3.63, 3.8) is 0 Å². The fourth-order valence-electron chi connectivity index (χ4n) is 1.99. The van der Waals surface area contributed by atoms with Crippen LogP contribution in [0.25, 0.3) is 10.9 Å². The number of amides is 1. The normalized spacial score (nSPS) is 14.0. The quantitative estimate of drug-likeness (QED) is 0.666. The Hall–Kier alpha value is -2.10. The number of carbonyl (C=O) groups is 1. The molecule has 0 aliphatic carbocycles. The van der Waals surface area contributed by atoms with Crippen LogP contribution in [0.5, 0.6) is 0 Å². The van der Waals surface area contributed by atoms with Crippen LogP contribution in [0.1, 0.15) is 15.9 Å². The van der Waals surface area contributed by atoms with Crippen molar-refractivity contribution in [2.45, 2.75) is 6.54 Å². The first-order chi connectivity index (χ1) is 7.27. The lowest BCUT2D eigenvalue weighted by molar-refractivity contribution is 0.0967. The van der Waals surface area contributed by atoms with Gasteiger partial charge >= 0.3 is 0 Å². The van der Waals surface area contributed by atoms with Crippen molar-refractivity contribution >= 4 is 22.5 Å². The van der Waals surface area contributed by atoms with E-state index in [4.69, 9.17) is 5.73 Å². The summed E-state index contributed by atoms with van der Waals surface area (Å²) in [6.07, 6.45) is 1.65. The summed E-state index contributed by atoms with van der Waals surface area (Å²) in [6.45, 7) is 0.582. The van der Waals surface area contributed by atoms with E-state index in [9.17, 15) is 4.79 Å². The first-order valence-electron chi connectivity index (χ1n) is 4.71. The van der Waals surface area contributed by atoms with E-state index in [2.05, 4.69) is 10.3 Å². The largest absolute Gasteiger partial charge is 0.398 e. The second kappa shape index (κ2) is 2.70. The standard InChI is InChI=1S/C11H9N3O/c12-7-3-4-13-8-2-1-6-5-14-11(15)9(6)10(7)8/h1-4H,5H2,(H2,12,13)(H,14,15). The van der Waals surface area contributed by atoms with Gasteiger partial charge in [-0.25, -0.2) is 0 Å². The highest BCUT2D eigenvalue weighted by Crippen LogP contribution is 2.28. The number of fused-ring (bicyclic) bond motifs is 3. The third-order valence-corrected chi connectivity index (χ3v) is 2.69. The molecule has 2 aromatic rings. The SMILES string of the molecule is Nc1ccnc2ccc3c(c12)C(=O)NC3. The number of nitrogens with zero attached hydrogens (tertiary/aromatic N) is 1. The second-order valence-electron chi connectivity index (χ2n) is 3.58. The summed E-state index contributed by atoms with van der Waals surface area (Å²) in [5.74, 6) is -0.0599. The van der Waals surface area contributed by atoms with Crippen LogP contribution < -0.4 is 11.1 Å².